The topological polar surface area (TPSA) is 26.0 Å². The fourth-order valence-electron chi connectivity index (χ4n) is 1.59. The largest absolute Gasteiger partial charge is 0.464 e. The maximum Gasteiger partial charge on any atom is 0.142 e. The van der Waals surface area contributed by atoms with Crippen LogP contribution in [0.15, 0.2) is 53.4 Å². The molecule has 0 spiro atoms. The molecule has 3 rings (SSSR count). The lowest BCUT2D eigenvalue weighted by molar-refractivity contribution is 0.615. The van der Waals surface area contributed by atoms with E-state index in [1.54, 1.807) is 18.7 Å². The first-order chi connectivity index (χ1) is 7.43. The zero-order valence-corrected chi connectivity index (χ0v) is 7.97. The van der Waals surface area contributed by atoms with Crippen LogP contribution in [0.25, 0.3) is 22.1 Å². The monoisotopic (exact) mass is 194 g/mol. The Labute approximate surface area is 87.2 Å². The van der Waals surface area contributed by atoms with Crippen LogP contribution in [0.3, 0.4) is 0 Å². The van der Waals surface area contributed by atoms with Gasteiger partial charge in [-0.1, -0.05) is 12.1 Å². The van der Waals surface area contributed by atoms with Gasteiger partial charge in [0.05, 0.1) is 6.26 Å². The van der Waals surface area contributed by atoms with Crippen molar-refractivity contribution in [2.75, 3.05) is 0 Å². The Balaban J connectivity index is 2.19. The number of rotatable bonds is 1. The summed E-state index contributed by atoms with van der Waals surface area (Å²) in [6.07, 6.45) is 5.22. The quantitative estimate of drug-likeness (QED) is 0.594. The van der Waals surface area contributed by atoms with Gasteiger partial charge in [-0.2, -0.15) is 0 Å². The maximum atomic E-state index is 5.31. The summed E-state index contributed by atoms with van der Waals surface area (Å²) in [6.45, 7) is 0. The summed E-state index contributed by atoms with van der Waals surface area (Å²) in [5.41, 5.74) is 2.92. The summed E-state index contributed by atoms with van der Waals surface area (Å²) in [4.78, 5) is 3.99. The molecular formula is C13H8NO. The Morgan fingerprint density at radius 3 is 2.73 bits per heavy atom. The third-order valence-electron chi connectivity index (χ3n) is 2.36. The number of hydrogen-bond donors (Lipinski definition) is 0. The van der Waals surface area contributed by atoms with Crippen LogP contribution < -0.4 is 0 Å². The molecule has 0 atom stereocenters. The highest BCUT2D eigenvalue weighted by Crippen LogP contribution is 2.23. The molecule has 0 aliphatic heterocycles. The van der Waals surface area contributed by atoms with E-state index in [0.717, 1.165) is 22.1 Å². The van der Waals surface area contributed by atoms with Crippen molar-refractivity contribution in [1.29, 1.82) is 0 Å². The first-order valence-electron chi connectivity index (χ1n) is 4.73. The van der Waals surface area contributed by atoms with Gasteiger partial charge in [-0.25, -0.2) is 0 Å². The smallest absolute Gasteiger partial charge is 0.142 e. The predicted octanol–water partition coefficient (Wildman–Crippen LogP) is 3.29. The van der Waals surface area contributed by atoms with Gasteiger partial charge in [0, 0.05) is 23.8 Å². The van der Waals surface area contributed by atoms with Crippen LogP contribution in [-0.2, 0) is 0 Å². The molecule has 0 fully saturated rings. The number of fused-ring (bicyclic) bond motifs is 1. The molecule has 3 aromatic rings. The lowest BCUT2D eigenvalue weighted by Gasteiger charge is -1.99. The predicted molar refractivity (Wildman–Crippen MR) is 58.3 cm³/mol. The van der Waals surface area contributed by atoms with Crippen molar-refractivity contribution in [2.24, 2.45) is 0 Å². The standard InChI is InChI=1S/C13H8NO/c1-2-12(10-3-6-14-7-4-10)9-13-11(1)5-8-15-13/h1-8H. The molecule has 2 heteroatoms. The molecule has 0 unspecified atom stereocenters. The van der Waals surface area contributed by atoms with Crippen LogP contribution in [-0.4, -0.2) is 4.98 Å². The lowest BCUT2D eigenvalue weighted by Crippen LogP contribution is -1.78. The Morgan fingerprint density at radius 1 is 1.00 bits per heavy atom. The zero-order chi connectivity index (χ0) is 10.1. The molecule has 2 heterocycles. The summed E-state index contributed by atoms with van der Waals surface area (Å²) in [5.74, 6) is 0. The SMILES string of the molecule is [c]1c(-c2ccncc2)ccc2ccoc12. The molecule has 0 N–H and O–H groups in total. The summed E-state index contributed by atoms with van der Waals surface area (Å²) in [6, 6.07) is 13.1. The molecule has 0 bridgehead atoms. The van der Waals surface area contributed by atoms with Crippen molar-refractivity contribution in [1.82, 2.24) is 4.98 Å². The number of aromatic nitrogens is 1. The second-order valence-electron chi connectivity index (χ2n) is 3.31. The lowest BCUT2D eigenvalue weighted by atomic mass is 10.1. The van der Waals surface area contributed by atoms with E-state index >= 15 is 0 Å². The molecule has 0 saturated carbocycles. The Hall–Kier alpha value is -2.09. The van der Waals surface area contributed by atoms with Crippen molar-refractivity contribution in [3.05, 3.63) is 55.1 Å². The third-order valence-corrected chi connectivity index (χ3v) is 2.36. The summed E-state index contributed by atoms with van der Waals surface area (Å²) < 4.78 is 5.31. The Bertz CT molecular complexity index is 584. The van der Waals surface area contributed by atoms with Gasteiger partial charge in [-0.15, -0.1) is 0 Å². The highest BCUT2D eigenvalue weighted by Gasteiger charge is 2.01. The average molecular weight is 194 g/mol. The molecule has 0 aliphatic carbocycles. The molecule has 1 radical (unpaired) electrons. The minimum absolute atomic E-state index is 0.796. The van der Waals surface area contributed by atoms with E-state index in [1.807, 2.05) is 30.3 Å². The van der Waals surface area contributed by atoms with Gasteiger partial charge in [-0.05, 0) is 29.3 Å². The maximum absolute atomic E-state index is 5.31. The number of nitrogens with zero attached hydrogens (tertiary/aromatic N) is 1. The molecule has 15 heavy (non-hydrogen) atoms. The second-order valence-corrected chi connectivity index (χ2v) is 3.31. The van der Waals surface area contributed by atoms with Crippen molar-refractivity contribution < 1.29 is 4.42 Å². The molecule has 0 amide bonds. The van der Waals surface area contributed by atoms with Gasteiger partial charge < -0.3 is 4.42 Å². The van der Waals surface area contributed by atoms with Gasteiger partial charge in [-0.3, -0.25) is 4.98 Å². The average Bonchev–Trinajstić information content (AvgIpc) is 2.77. The normalized spacial score (nSPS) is 10.7. The molecule has 1 aromatic carbocycles. The zero-order valence-electron chi connectivity index (χ0n) is 7.97. The van der Waals surface area contributed by atoms with E-state index < -0.39 is 0 Å². The number of hydrogen-bond acceptors (Lipinski definition) is 2. The molecular weight excluding hydrogens is 186 g/mol. The highest BCUT2D eigenvalue weighted by molar-refractivity contribution is 5.82. The van der Waals surface area contributed by atoms with E-state index in [-0.39, 0.29) is 0 Å². The van der Waals surface area contributed by atoms with Gasteiger partial charge in [0.15, 0.2) is 0 Å². The molecule has 71 valence electrons. The van der Waals surface area contributed by atoms with Gasteiger partial charge >= 0.3 is 0 Å². The van der Waals surface area contributed by atoms with Crippen LogP contribution in [0.1, 0.15) is 0 Å². The van der Waals surface area contributed by atoms with Crippen LogP contribution in [0, 0.1) is 6.07 Å². The first kappa shape index (κ1) is 8.24. The van der Waals surface area contributed by atoms with Crippen molar-refractivity contribution >= 4 is 11.0 Å². The molecule has 0 saturated heterocycles. The molecule has 2 aromatic heterocycles. The highest BCUT2D eigenvalue weighted by atomic mass is 16.3. The van der Waals surface area contributed by atoms with E-state index in [1.165, 1.54) is 0 Å². The second kappa shape index (κ2) is 3.24. The Kier molecular flexibility index (Phi) is 1.78. The fraction of sp³-hybridized carbons (Fsp3) is 0. The minimum atomic E-state index is 0.796. The fourth-order valence-corrected chi connectivity index (χ4v) is 1.59. The molecule has 0 aliphatic rings. The van der Waals surface area contributed by atoms with Crippen molar-refractivity contribution in [2.45, 2.75) is 0 Å². The van der Waals surface area contributed by atoms with Crippen molar-refractivity contribution in [3.8, 4) is 11.1 Å². The summed E-state index contributed by atoms with van der Waals surface area (Å²) in [7, 11) is 0. The van der Waals surface area contributed by atoms with Gasteiger partial charge in [0.2, 0.25) is 0 Å². The summed E-state index contributed by atoms with van der Waals surface area (Å²) >= 11 is 0. The third kappa shape index (κ3) is 1.40. The van der Waals surface area contributed by atoms with Crippen LogP contribution in [0.4, 0.5) is 0 Å². The minimum Gasteiger partial charge on any atom is -0.464 e. The first-order valence-corrected chi connectivity index (χ1v) is 4.73. The Morgan fingerprint density at radius 2 is 1.87 bits per heavy atom. The van der Waals surface area contributed by atoms with E-state index in [4.69, 9.17) is 4.42 Å². The van der Waals surface area contributed by atoms with Gasteiger partial charge in [0.25, 0.3) is 0 Å². The molecule has 2 nitrogen and oxygen atoms in total. The van der Waals surface area contributed by atoms with Gasteiger partial charge in [0.1, 0.15) is 5.58 Å². The number of benzene rings is 1. The van der Waals surface area contributed by atoms with Crippen LogP contribution in [0.5, 0.6) is 0 Å². The number of furan rings is 1. The van der Waals surface area contributed by atoms with E-state index in [2.05, 4.69) is 11.1 Å². The number of pyridine rings is 1. The van der Waals surface area contributed by atoms with Crippen molar-refractivity contribution in [3.63, 3.8) is 0 Å². The van der Waals surface area contributed by atoms with E-state index in [0.29, 0.717) is 0 Å². The summed E-state index contributed by atoms with van der Waals surface area (Å²) in [5, 5.41) is 1.08. The van der Waals surface area contributed by atoms with Crippen LogP contribution in [0.2, 0.25) is 0 Å². The van der Waals surface area contributed by atoms with E-state index in [9.17, 15) is 0 Å². The van der Waals surface area contributed by atoms with Crippen LogP contribution >= 0.6 is 0 Å².